The Balaban J connectivity index is 1.80. The third-order valence-electron chi connectivity index (χ3n) is 3.97. The SMILES string of the molecule is Brc1ccc2c(c1)Cc1c(nc3c4[nH]ccc4ccn13)O2. The topological polar surface area (TPSA) is 42.3 Å². The van der Waals surface area contributed by atoms with Gasteiger partial charge in [-0.1, -0.05) is 15.9 Å². The Hall–Kier alpha value is -2.27. The van der Waals surface area contributed by atoms with E-state index in [2.05, 4.69) is 54.7 Å². The van der Waals surface area contributed by atoms with Crippen molar-refractivity contribution in [2.45, 2.75) is 6.42 Å². The molecular formula is C16H10BrN3O. The molecule has 0 spiro atoms. The molecule has 1 aromatic carbocycles. The molecule has 0 amide bonds. The molecule has 4 aromatic rings. The van der Waals surface area contributed by atoms with E-state index in [1.54, 1.807) is 0 Å². The number of pyridine rings is 1. The molecule has 0 aliphatic carbocycles. The molecule has 3 aromatic heterocycles. The summed E-state index contributed by atoms with van der Waals surface area (Å²) >= 11 is 3.52. The summed E-state index contributed by atoms with van der Waals surface area (Å²) in [5.74, 6) is 1.59. The van der Waals surface area contributed by atoms with Crippen LogP contribution in [0.15, 0.2) is 47.2 Å². The molecular weight excluding hydrogens is 330 g/mol. The number of rotatable bonds is 0. The number of benzene rings is 1. The summed E-state index contributed by atoms with van der Waals surface area (Å²) in [6, 6.07) is 10.2. The molecule has 0 saturated carbocycles. The van der Waals surface area contributed by atoms with E-state index in [0.717, 1.165) is 38.9 Å². The van der Waals surface area contributed by atoms with Crippen molar-refractivity contribution < 1.29 is 4.74 Å². The number of H-pyrrole nitrogens is 1. The summed E-state index contributed by atoms with van der Waals surface area (Å²) in [5, 5.41) is 1.16. The quantitative estimate of drug-likeness (QED) is 0.457. The molecule has 4 heterocycles. The Kier molecular flexibility index (Phi) is 2.11. The lowest BCUT2D eigenvalue weighted by molar-refractivity contribution is 0.443. The number of halogens is 1. The van der Waals surface area contributed by atoms with Gasteiger partial charge in [-0.25, -0.2) is 0 Å². The Labute approximate surface area is 128 Å². The zero-order valence-electron chi connectivity index (χ0n) is 10.9. The van der Waals surface area contributed by atoms with Crippen LogP contribution in [0.2, 0.25) is 0 Å². The van der Waals surface area contributed by atoms with Crippen LogP contribution in [-0.4, -0.2) is 14.4 Å². The van der Waals surface area contributed by atoms with Crippen LogP contribution in [0.25, 0.3) is 16.6 Å². The highest BCUT2D eigenvalue weighted by Crippen LogP contribution is 2.38. The van der Waals surface area contributed by atoms with Gasteiger partial charge >= 0.3 is 0 Å². The van der Waals surface area contributed by atoms with Crippen molar-refractivity contribution in [3.63, 3.8) is 0 Å². The molecule has 1 aliphatic heterocycles. The highest BCUT2D eigenvalue weighted by molar-refractivity contribution is 9.10. The minimum atomic E-state index is 0.701. The lowest BCUT2D eigenvalue weighted by Crippen LogP contribution is -2.04. The molecule has 4 nitrogen and oxygen atoms in total. The van der Waals surface area contributed by atoms with Gasteiger partial charge in [0, 0.05) is 34.2 Å². The van der Waals surface area contributed by atoms with E-state index in [0.29, 0.717) is 5.88 Å². The maximum absolute atomic E-state index is 5.98. The highest BCUT2D eigenvalue weighted by atomic mass is 79.9. The monoisotopic (exact) mass is 339 g/mol. The van der Waals surface area contributed by atoms with Crippen LogP contribution in [0.3, 0.4) is 0 Å². The standard InChI is InChI=1S/C16H10BrN3O/c17-11-1-2-13-10(7-11)8-12-16(21-13)19-15-14-9(3-5-18-14)4-6-20(12)15/h1-7,18H,8H2. The molecule has 102 valence electrons. The van der Waals surface area contributed by atoms with Crippen LogP contribution in [0, 0.1) is 0 Å². The Morgan fingerprint density at radius 2 is 2.19 bits per heavy atom. The highest BCUT2D eigenvalue weighted by Gasteiger charge is 2.23. The van der Waals surface area contributed by atoms with E-state index < -0.39 is 0 Å². The zero-order valence-corrected chi connectivity index (χ0v) is 12.5. The molecule has 0 unspecified atom stereocenters. The Bertz CT molecular complexity index is 1020. The summed E-state index contributed by atoms with van der Waals surface area (Å²) in [4.78, 5) is 7.93. The third kappa shape index (κ3) is 1.52. The van der Waals surface area contributed by atoms with E-state index in [9.17, 15) is 0 Å². The minimum Gasteiger partial charge on any atom is -0.437 e. The van der Waals surface area contributed by atoms with Gasteiger partial charge in [-0.05, 0) is 30.3 Å². The van der Waals surface area contributed by atoms with E-state index >= 15 is 0 Å². The molecule has 0 atom stereocenters. The van der Waals surface area contributed by atoms with Crippen molar-refractivity contribution in [3.05, 3.63) is 58.5 Å². The molecule has 1 N–H and O–H groups in total. The smallest absolute Gasteiger partial charge is 0.241 e. The van der Waals surface area contributed by atoms with Crippen LogP contribution >= 0.6 is 15.9 Å². The number of aromatic amines is 1. The number of imidazole rings is 1. The summed E-state index contributed by atoms with van der Waals surface area (Å²) < 4.78 is 9.15. The van der Waals surface area contributed by atoms with Crippen LogP contribution < -0.4 is 4.74 Å². The fourth-order valence-corrected chi connectivity index (χ4v) is 3.37. The van der Waals surface area contributed by atoms with Crippen LogP contribution in [-0.2, 0) is 6.42 Å². The largest absolute Gasteiger partial charge is 0.437 e. The second kappa shape index (κ2) is 3.89. The van der Waals surface area contributed by atoms with Gasteiger partial charge in [-0.3, -0.25) is 4.40 Å². The molecule has 21 heavy (non-hydrogen) atoms. The van der Waals surface area contributed by atoms with E-state index in [4.69, 9.17) is 4.74 Å². The van der Waals surface area contributed by atoms with Gasteiger partial charge in [0.1, 0.15) is 5.75 Å². The maximum Gasteiger partial charge on any atom is 0.241 e. The Morgan fingerprint density at radius 1 is 1.24 bits per heavy atom. The molecule has 0 saturated heterocycles. The second-order valence-electron chi connectivity index (χ2n) is 5.21. The van der Waals surface area contributed by atoms with E-state index in [-0.39, 0.29) is 0 Å². The maximum atomic E-state index is 5.98. The van der Waals surface area contributed by atoms with Gasteiger partial charge < -0.3 is 9.72 Å². The van der Waals surface area contributed by atoms with Gasteiger partial charge in [0.05, 0.1) is 11.2 Å². The third-order valence-corrected chi connectivity index (χ3v) is 4.46. The summed E-state index contributed by atoms with van der Waals surface area (Å²) in [6.07, 6.45) is 4.81. The number of aromatic nitrogens is 3. The summed E-state index contributed by atoms with van der Waals surface area (Å²) in [5.41, 5.74) is 4.22. The first-order chi connectivity index (χ1) is 10.3. The van der Waals surface area contributed by atoms with Crippen LogP contribution in [0.5, 0.6) is 11.6 Å². The molecule has 0 bridgehead atoms. The van der Waals surface area contributed by atoms with Crippen molar-refractivity contribution in [1.29, 1.82) is 0 Å². The molecule has 5 rings (SSSR count). The normalized spacial score (nSPS) is 13.2. The molecule has 0 radical (unpaired) electrons. The predicted octanol–water partition coefficient (Wildman–Crippen LogP) is 4.27. The molecule has 1 aliphatic rings. The van der Waals surface area contributed by atoms with Crippen molar-refractivity contribution in [2.24, 2.45) is 0 Å². The van der Waals surface area contributed by atoms with Gasteiger partial charge in [-0.2, -0.15) is 4.98 Å². The first-order valence-corrected chi connectivity index (χ1v) is 7.52. The first-order valence-electron chi connectivity index (χ1n) is 6.73. The summed E-state index contributed by atoms with van der Waals surface area (Å²) in [6.45, 7) is 0. The van der Waals surface area contributed by atoms with Crippen LogP contribution in [0.1, 0.15) is 11.3 Å². The predicted molar refractivity (Wildman–Crippen MR) is 84.1 cm³/mol. The van der Waals surface area contributed by atoms with Crippen molar-refractivity contribution >= 4 is 32.5 Å². The lowest BCUT2D eigenvalue weighted by Gasteiger charge is -2.16. The fraction of sp³-hybridized carbons (Fsp3) is 0.0625. The van der Waals surface area contributed by atoms with Gasteiger partial charge in [-0.15, -0.1) is 0 Å². The van der Waals surface area contributed by atoms with Gasteiger partial charge in [0.25, 0.3) is 0 Å². The summed E-state index contributed by atoms with van der Waals surface area (Å²) in [7, 11) is 0. The van der Waals surface area contributed by atoms with E-state index in [1.165, 1.54) is 5.56 Å². The van der Waals surface area contributed by atoms with Gasteiger partial charge in [0.2, 0.25) is 5.88 Å². The fourth-order valence-electron chi connectivity index (χ4n) is 2.96. The number of hydrogen-bond acceptors (Lipinski definition) is 2. The molecule has 5 heteroatoms. The second-order valence-corrected chi connectivity index (χ2v) is 6.13. The van der Waals surface area contributed by atoms with Crippen molar-refractivity contribution in [1.82, 2.24) is 14.4 Å². The number of ether oxygens (including phenoxy) is 1. The number of nitrogens with one attached hydrogen (secondary N) is 1. The van der Waals surface area contributed by atoms with Crippen molar-refractivity contribution in [2.75, 3.05) is 0 Å². The average molecular weight is 340 g/mol. The zero-order chi connectivity index (χ0) is 14.0. The van der Waals surface area contributed by atoms with Crippen LogP contribution in [0.4, 0.5) is 0 Å². The van der Waals surface area contributed by atoms with E-state index in [1.807, 2.05) is 18.3 Å². The lowest BCUT2D eigenvalue weighted by atomic mass is 10.1. The molecule has 0 fully saturated rings. The average Bonchev–Trinajstić information content (AvgIpc) is 3.08. The number of nitrogens with zero attached hydrogens (tertiary/aromatic N) is 2. The van der Waals surface area contributed by atoms with Crippen molar-refractivity contribution in [3.8, 4) is 11.6 Å². The number of hydrogen-bond donors (Lipinski definition) is 1. The van der Waals surface area contributed by atoms with Gasteiger partial charge in [0.15, 0.2) is 5.65 Å². The first kappa shape index (κ1) is 11.4. The minimum absolute atomic E-state index is 0.701. The number of fused-ring (bicyclic) bond motifs is 6. The Morgan fingerprint density at radius 3 is 3.14 bits per heavy atom.